The zero-order valence-corrected chi connectivity index (χ0v) is 24.7. The molecule has 2 N–H and O–H groups in total. The summed E-state index contributed by atoms with van der Waals surface area (Å²) in [5.74, 6) is -0.534. The van der Waals surface area contributed by atoms with Gasteiger partial charge in [-0.2, -0.15) is 10.1 Å². The molecule has 1 aliphatic rings. The number of aromatic nitrogens is 4. The number of hydrogen-bond donors (Lipinski definition) is 2. The van der Waals surface area contributed by atoms with Crippen molar-refractivity contribution in [2.24, 2.45) is 5.10 Å². The minimum Gasteiger partial charge on any atom is -0.295 e. The molecule has 3 heterocycles. The van der Waals surface area contributed by atoms with Crippen LogP contribution in [0.1, 0.15) is 35.0 Å². The number of hydrazone groups is 1. The van der Waals surface area contributed by atoms with Gasteiger partial charge in [-0.15, -0.1) is 0 Å². The Morgan fingerprint density at radius 1 is 0.619 bits per heavy atom. The second-order valence-electron chi connectivity index (χ2n) is 10.3. The molecule has 1 aliphatic heterocycles. The van der Waals surface area contributed by atoms with Gasteiger partial charge >= 0.3 is 0 Å². The Morgan fingerprint density at radius 2 is 1.02 bits per heavy atom. The van der Waals surface area contributed by atoms with Gasteiger partial charge < -0.3 is 0 Å². The lowest BCUT2D eigenvalue weighted by atomic mass is 9.71. The van der Waals surface area contributed by atoms with Gasteiger partial charge in [0.05, 0.1) is 33.9 Å². The van der Waals surface area contributed by atoms with E-state index in [1.165, 1.54) is 14.4 Å². The van der Waals surface area contributed by atoms with Crippen molar-refractivity contribution in [1.29, 1.82) is 0 Å². The van der Waals surface area contributed by atoms with E-state index in [0.717, 1.165) is 5.56 Å². The lowest BCUT2D eigenvalue weighted by Gasteiger charge is -2.27. The Morgan fingerprint density at radius 3 is 1.45 bits per heavy atom. The molecule has 212 valence electrons. The van der Waals surface area contributed by atoms with Crippen molar-refractivity contribution in [3.05, 3.63) is 132 Å². The van der Waals surface area contributed by atoms with Crippen LogP contribution in [-0.4, -0.2) is 31.2 Å². The zero-order valence-electron chi connectivity index (χ0n) is 23.2. The van der Waals surface area contributed by atoms with Gasteiger partial charge in [0.2, 0.25) is 0 Å². The number of benzene rings is 3. The van der Waals surface area contributed by atoms with E-state index in [9.17, 15) is 14.4 Å². The number of amides is 1. The number of carbonyl (C=O) groups is 1. The Kier molecular flexibility index (Phi) is 6.59. The molecule has 3 aromatic carbocycles. The van der Waals surface area contributed by atoms with Gasteiger partial charge in [-0.3, -0.25) is 24.6 Å². The van der Waals surface area contributed by atoms with E-state index in [0.29, 0.717) is 38.5 Å². The highest BCUT2D eigenvalue weighted by atomic mass is 35.5. The molecule has 0 aliphatic carbocycles. The maximum absolute atomic E-state index is 14.8. The van der Waals surface area contributed by atoms with Crippen LogP contribution in [0.3, 0.4) is 0 Å². The normalized spacial score (nSPS) is 14.5. The molecule has 0 saturated carbocycles. The predicted molar refractivity (Wildman–Crippen MR) is 165 cm³/mol. The standard InChI is InChI=1S/C31H26Cl2N6O3/c1-17-5-11-25(12-6-17)39-30(42)31(20(4)36-39,26-18(2)34-37(28(26)40)23-13-7-21(32)8-14-23)27-19(3)35-38(29(27)41)24-15-9-22(33)10-16-24/h5-16,34-35H,1-4H3. The van der Waals surface area contributed by atoms with Crippen molar-refractivity contribution in [3.8, 4) is 11.4 Å². The van der Waals surface area contributed by atoms with Crippen molar-refractivity contribution >= 4 is 40.5 Å². The van der Waals surface area contributed by atoms with Crippen LogP contribution >= 0.6 is 23.2 Å². The van der Waals surface area contributed by atoms with E-state index >= 15 is 0 Å². The number of H-pyrrole nitrogens is 2. The smallest absolute Gasteiger partial charge is 0.276 e. The van der Waals surface area contributed by atoms with E-state index in [1.54, 1.807) is 81.4 Å². The number of aryl methyl sites for hydroxylation is 3. The summed E-state index contributed by atoms with van der Waals surface area (Å²) < 4.78 is 2.69. The molecule has 0 saturated heterocycles. The maximum Gasteiger partial charge on any atom is 0.276 e. The number of nitrogens with zero attached hydrogens (tertiary/aromatic N) is 4. The Labute approximate surface area is 250 Å². The van der Waals surface area contributed by atoms with Gasteiger partial charge in [0.1, 0.15) is 0 Å². The average molecular weight is 601 g/mol. The van der Waals surface area contributed by atoms with Crippen LogP contribution in [0.4, 0.5) is 5.69 Å². The van der Waals surface area contributed by atoms with E-state index in [4.69, 9.17) is 23.2 Å². The van der Waals surface area contributed by atoms with E-state index in [1.807, 2.05) is 19.1 Å². The molecule has 0 spiro atoms. The number of halogens is 2. The third-order valence-corrected chi connectivity index (χ3v) is 8.15. The van der Waals surface area contributed by atoms with Crippen LogP contribution in [0.25, 0.3) is 11.4 Å². The number of nitrogens with one attached hydrogen (secondary N) is 2. The first kappa shape index (κ1) is 27.6. The monoisotopic (exact) mass is 600 g/mol. The summed E-state index contributed by atoms with van der Waals surface area (Å²) >= 11 is 12.2. The summed E-state index contributed by atoms with van der Waals surface area (Å²) in [7, 11) is 0. The van der Waals surface area contributed by atoms with Crippen LogP contribution in [0.15, 0.2) is 87.5 Å². The summed E-state index contributed by atoms with van der Waals surface area (Å²) in [6.45, 7) is 7.03. The van der Waals surface area contributed by atoms with E-state index in [2.05, 4.69) is 15.3 Å². The van der Waals surface area contributed by atoms with Crippen LogP contribution in [0.2, 0.25) is 10.0 Å². The lowest BCUT2D eigenvalue weighted by Crippen LogP contribution is -2.50. The summed E-state index contributed by atoms with van der Waals surface area (Å²) in [6.07, 6.45) is 0. The molecule has 6 rings (SSSR count). The van der Waals surface area contributed by atoms with Crippen LogP contribution in [0, 0.1) is 20.8 Å². The fraction of sp³-hybridized carbons (Fsp3) is 0.161. The average Bonchev–Trinajstić information content (AvgIpc) is 3.53. The molecule has 42 heavy (non-hydrogen) atoms. The molecular weight excluding hydrogens is 575 g/mol. The van der Waals surface area contributed by atoms with Crippen molar-refractivity contribution in [2.45, 2.75) is 33.1 Å². The first-order valence-electron chi connectivity index (χ1n) is 13.2. The number of carbonyl (C=O) groups excluding carboxylic acids is 1. The van der Waals surface area contributed by atoms with E-state index in [-0.39, 0.29) is 16.8 Å². The highest BCUT2D eigenvalue weighted by molar-refractivity contribution is 6.31. The molecule has 0 fully saturated rings. The maximum atomic E-state index is 14.8. The number of anilines is 1. The van der Waals surface area contributed by atoms with Crippen molar-refractivity contribution in [2.75, 3.05) is 5.01 Å². The summed E-state index contributed by atoms with van der Waals surface area (Å²) in [5, 5.41) is 13.2. The first-order chi connectivity index (χ1) is 20.0. The topological polar surface area (TPSA) is 108 Å². The largest absolute Gasteiger partial charge is 0.295 e. The predicted octanol–water partition coefficient (Wildman–Crippen LogP) is 5.59. The molecule has 0 atom stereocenters. The molecule has 9 nitrogen and oxygen atoms in total. The molecule has 5 aromatic rings. The summed E-state index contributed by atoms with van der Waals surface area (Å²) in [4.78, 5) is 43.4. The molecule has 0 radical (unpaired) electrons. The second kappa shape index (κ2) is 10.0. The van der Waals surface area contributed by atoms with Gasteiger partial charge in [-0.25, -0.2) is 9.36 Å². The van der Waals surface area contributed by atoms with Crippen molar-refractivity contribution in [3.63, 3.8) is 0 Å². The molecule has 0 unspecified atom stereocenters. The number of rotatable bonds is 5. The molecule has 2 aromatic heterocycles. The molecule has 1 amide bonds. The lowest BCUT2D eigenvalue weighted by molar-refractivity contribution is -0.120. The quantitative estimate of drug-likeness (QED) is 0.274. The van der Waals surface area contributed by atoms with Gasteiger partial charge in [0.25, 0.3) is 17.0 Å². The minimum atomic E-state index is -1.82. The van der Waals surface area contributed by atoms with E-state index < -0.39 is 22.4 Å². The number of aromatic amines is 2. The molecule has 11 heteroatoms. The van der Waals surface area contributed by atoms with Gasteiger partial charge in [0, 0.05) is 21.4 Å². The fourth-order valence-electron chi connectivity index (χ4n) is 5.67. The zero-order chi connectivity index (χ0) is 29.9. The summed E-state index contributed by atoms with van der Waals surface area (Å²) in [6, 6.07) is 20.8. The highest BCUT2D eigenvalue weighted by Gasteiger charge is 2.58. The number of hydrogen-bond acceptors (Lipinski definition) is 4. The SMILES string of the molecule is CC1=NN(c2ccc(C)cc2)C(=O)C1(c1c(C)[nH]n(-c2ccc(Cl)cc2)c1=O)c1c(C)[nH]n(-c2ccc(Cl)cc2)c1=O. The second-order valence-corrected chi connectivity index (χ2v) is 11.2. The third-order valence-electron chi connectivity index (χ3n) is 7.65. The van der Waals surface area contributed by atoms with Crippen molar-refractivity contribution < 1.29 is 4.79 Å². The van der Waals surface area contributed by atoms with Crippen LogP contribution < -0.4 is 16.1 Å². The first-order valence-corrected chi connectivity index (χ1v) is 13.9. The fourth-order valence-corrected chi connectivity index (χ4v) is 5.92. The Hall–Kier alpha value is -4.60. The van der Waals surface area contributed by atoms with Gasteiger partial charge in [-0.05, 0) is 88.4 Å². The highest BCUT2D eigenvalue weighted by Crippen LogP contribution is 2.41. The molecular formula is C31H26Cl2N6O3. The van der Waals surface area contributed by atoms with Crippen LogP contribution in [0.5, 0.6) is 0 Å². The summed E-state index contributed by atoms with van der Waals surface area (Å²) in [5.41, 5.74) is 1.13. The third kappa shape index (κ3) is 4.07. The molecule has 0 bridgehead atoms. The van der Waals surface area contributed by atoms with Gasteiger partial charge in [0.15, 0.2) is 5.41 Å². The minimum absolute atomic E-state index is 0.112. The van der Waals surface area contributed by atoms with Crippen molar-refractivity contribution in [1.82, 2.24) is 19.6 Å². The van der Waals surface area contributed by atoms with Crippen LogP contribution in [-0.2, 0) is 10.2 Å². The Balaban J connectivity index is 1.65. The Bertz CT molecular complexity index is 1890. The van der Waals surface area contributed by atoms with Gasteiger partial charge in [-0.1, -0.05) is 40.9 Å².